The number of nitrogens with one attached hydrogen (secondary N) is 1. The smallest absolute Gasteiger partial charge is 0.123 e. The van der Waals surface area contributed by atoms with E-state index in [1.807, 2.05) is 31.3 Å². The van der Waals surface area contributed by atoms with E-state index in [1.54, 1.807) is 29.2 Å². The predicted octanol–water partition coefficient (Wildman–Crippen LogP) is 3.91. The summed E-state index contributed by atoms with van der Waals surface area (Å²) < 4.78 is 14.8. The molecular weight excluding hydrogens is 305 g/mol. The maximum atomic E-state index is 13.0. The first-order chi connectivity index (χ1) is 11.7. The molecule has 0 bridgehead atoms. The number of rotatable bonds is 3. The fourth-order valence-electron chi connectivity index (χ4n) is 2.66. The number of aromatic nitrogens is 4. The van der Waals surface area contributed by atoms with Crippen molar-refractivity contribution in [3.05, 3.63) is 66.7 Å². The van der Waals surface area contributed by atoms with Gasteiger partial charge in [-0.1, -0.05) is 0 Å². The number of anilines is 2. The largest absolute Gasteiger partial charge is 0.356 e. The van der Waals surface area contributed by atoms with Gasteiger partial charge in [0.25, 0.3) is 0 Å². The Balaban J connectivity index is 1.74. The lowest BCUT2D eigenvalue weighted by Gasteiger charge is -2.09. The third kappa shape index (κ3) is 2.58. The van der Waals surface area contributed by atoms with Crippen LogP contribution in [0.1, 0.15) is 0 Å². The van der Waals surface area contributed by atoms with Crippen molar-refractivity contribution in [3.8, 4) is 11.4 Å². The molecule has 0 radical (unpaired) electrons. The van der Waals surface area contributed by atoms with Crippen LogP contribution < -0.4 is 5.32 Å². The van der Waals surface area contributed by atoms with E-state index in [1.165, 1.54) is 12.1 Å². The monoisotopic (exact) mass is 319 g/mol. The van der Waals surface area contributed by atoms with Gasteiger partial charge < -0.3 is 5.32 Å². The van der Waals surface area contributed by atoms with E-state index in [2.05, 4.69) is 20.6 Å². The lowest BCUT2D eigenvalue weighted by molar-refractivity contribution is 0.628. The van der Waals surface area contributed by atoms with Crippen LogP contribution in [0.2, 0.25) is 0 Å². The van der Waals surface area contributed by atoms with E-state index >= 15 is 0 Å². The van der Waals surface area contributed by atoms with Gasteiger partial charge in [0.05, 0.1) is 11.9 Å². The number of nitrogens with zero attached hydrogens (tertiary/aromatic N) is 4. The Morgan fingerprint density at radius 2 is 1.79 bits per heavy atom. The Morgan fingerprint density at radius 1 is 1.00 bits per heavy atom. The highest BCUT2D eigenvalue weighted by atomic mass is 19.1. The molecule has 0 atom stereocenters. The minimum absolute atomic E-state index is 0.254. The van der Waals surface area contributed by atoms with Gasteiger partial charge in [0.1, 0.15) is 11.5 Å². The third-order valence-corrected chi connectivity index (χ3v) is 3.86. The highest BCUT2D eigenvalue weighted by Gasteiger charge is 2.10. The van der Waals surface area contributed by atoms with Crippen molar-refractivity contribution in [1.82, 2.24) is 20.0 Å². The molecule has 2 heterocycles. The van der Waals surface area contributed by atoms with Crippen LogP contribution in [0.5, 0.6) is 0 Å². The van der Waals surface area contributed by atoms with Crippen LogP contribution in [0.15, 0.2) is 60.9 Å². The van der Waals surface area contributed by atoms with E-state index in [0.717, 1.165) is 33.5 Å². The quantitative estimate of drug-likeness (QED) is 0.622. The molecule has 0 saturated heterocycles. The topological polar surface area (TPSA) is 55.6 Å². The number of hydrogen-bond donors (Lipinski definition) is 1. The summed E-state index contributed by atoms with van der Waals surface area (Å²) in [6.45, 7) is 0. The molecule has 0 aliphatic heterocycles. The van der Waals surface area contributed by atoms with Gasteiger partial charge in [-0.05, 0) is 48.5 Å². The molecule has 2 aromatic heterocycles. The molecule has 24 heavy (non-hydrogen) atoms. The Morgan fingerprint density at radius 3 is 2.54 bits per heavy atom. The first-order valence-electron chi connectivity index (χ1n) is 7.47. The van der Waals surface area contributed by atoms with Gasteiger partial charge in [-0.15, -0.1) is 5.10 Å². The average Bonchev–Trinajstić information content (AvgIpc) is 3.02. The zero-order valence-electron chi connectivity index (χ0n) is 12.9. The maximum absolute atomic E-state index is 13.0. The molecule has 0 saturated carbocycles. The number of aryl methyl sites for hydroxylation is 1. The Hall–Kier alpha value is -3.28. The van der Waals surface area contributed by atoms with Crippen molar-refractivity contribution in [3.63, 3.8) is 0 Å². The standard InChI is InChI=1S/C18H14FN5/c1-24-17(8-9-21-24)18-16-7-6-15(10-12(16)11-20-23-18)22-14-4-2-13(19)3-5-14/h2-11,22H,1H3. The zero-order valence-corrected chi connectivity index (χ0v) is 12.9. The van der Waals surface area contributed by atoms with E-state index in [-0.39, 0.29) is 5.82 Å². The van der Waals surface area contributed by atoms with Crippen LogP contribution in [-0.2, 0) is 7.05 Å². The molecule has 4 rings (SSSR count). The fourth-order valence-corrected chi connectivity index (χ4v) is 2.66. The summed E-state index contributed by atoms with van der Waals surface area (Å²) >= 11 is 0. The SMILES string of the molecule is Cn1nccc1-c1nncc2cc(Nc3ccc(F)cc3)ccc12. The van der Waals surface area contributed by atoms with Gasteiger partial charge in [-0.3, -0.25) is 4.68 Å². The zero-order chi connectivity index (χ0) is 16.5. The molecule has 4 aromatic rings. The molecule has 0 amide bonds. The van der Waals surface area contributed by atoms with Crippen LogP contribution in [0, 0.1) is 5.82 Å². The molecule has 118 valence electrons. The summed E-state index contributed by atoms with van der Waals surface area (Å²) in [7, 11) is 1.88. The summed E-state index contributed by atoms with van der Waals surface area (Å²) in [6.07, 6.45) is 3.46. The lowest BCUT2D eigenvalue weighted by Crippen LogP contribution is -1.98. The molecule has 0 aliphatic carbocycles. The number of benzene rings is 2. The van der Waals surface area contributed by atoms with Crippen LogP contribution in [-0.4, -0.2) is 20.0 Å². The summed E-state index contributed by atoms with van der Waals surface area (Å²) in [5.74, 6) is -0.254. The minimum Gasteiger partial charge on any atom is -0.356 e. The lowest BCUT2D eigenvalue weighted by atomic mass is 10.1. The highest BCUT2D eigenvalue weighted by molar-refractivity contribution is 5.95. The van der Waals surface area contributed by atoms with E-state index in [9.17, 15) is 4.39 Å². The van der Waals surface area contributed by atoms with Crippen LogP contribution in [0.3, 0.4) is 0 Å². The van der Waals surface area contributed by atoms with Gasteiger partial charge >= 0.3 is 0 Å². The summed E-state index contributed by atoms with van der Waals surface area (Å²) in [5.41, 5.74) is 3.43. The molecule has 2 aromatic carbocycles. The maximum Gasteiger partial charge on any atom is 0.123 e. The second kappa shape index (κ2) is 5.73. The van der Waals surface area contributed by atoms with E-state index < -0.39 is 0 Å². The van der Waals surface area contributed by atoms with Crippen molar-refractivity contribution < 1.29 is 4.39 Å². The number of hydrogen-bond acceptors (Lipinski definition) is 4. The first kappa shape index (κ1) is 14.3. The van der Waals surface area contributed by atoms with Crippen molar-refractivity contribution >= 4 is 22.1 Å². The van der Waals surface area contributed by atoms with Gasteiger partial charge in [0.15, 0.2) is 0 Å². The van der Waals surface area contributed by atoms with Crippen molar-refractivity contribution in [1.29, 1.82) is 0 Å². The molecule has 5 nitrogen and oxygen atoms in total. The van der Waals surface area contributed by atoms with Crippen molar-refractivity contribution in [2.24, 2.45) is 7.05 Å². The molecule has 0 spiro atoms. The molecule has 1 N–H and O–H groups in total. The molecule has 0 aliphatic rings. The second-order valence-electron chi connectivity index (χ2n) is 5.47. The van der Waals surface area contributed by atoms with Gasteiger partial charge in [0, 0.05) is 35.4 Å². The average molecular weight is 319 g/mol. The Bertz CT molecular complexity index is 1010. The third-order valence-electron chi connectivity index (χ3n) is 3.86. The summed E-state index contributed by atoms with van der Waals surface area (Å²) in [6, 6.07) is 14.1. The van der Waals surface area contributed by atoms with E-state index in [4.69, 9.17) is 0 Å². The predicted molar refractivity (Wildman–Crippen MR) is 91.4 cm³/mol. The fraction of sp³-hybridized carbons (Fsp3) is 0.0556. The van der Waals surface area contributed by atoms with Crippen molar-refractivity contribution in [2.45, 2.75) is 0 Å². The highest BCUT2D eigenvalue weighted by Crippen LogP contribution is 2.28. The van der Waals surface area contributed by atoms with Crippen molar-refractivity contribution in [2.75, 3.05) is 5.32 Å². The van der Waals surface area contributed by atoms with Gasteiger partial charge in [-0.2, -0.15) is 10.2 Å². The minimum atomic E-state index is -0.254. The van der Waals surface area contributed by atoms with Crippen LogP contribution in [0.4, 0.5) is 15.8 Å². The van der Waals surface area contributed by atoms with E-state index in [0.29, 0.717) is 0 Å². The molecular formula is C18H14FN5. The Kier molecular flexibility index (Phi) is 3.42. The molecule has 0 unspecified atom stereocenters. The Labute approximate surface area is 137 Å². The summed E-state index contributed by atoms with van der Waals surface area (Å²) in [5, 5.41) is 17.8. The normalized spacial score (nSPS) is 10.9. The second-order valence-corrected chi connectivity index (χ2v) is 5.47. The van der Waals surface area contributed by atoms with Gasteiger partial charge in [0.2, 0.25) is 0 Å². The number of halogens is 1. The first-order valence-corrected chi connectivity index (χ1v) is 7.47. The van der Waals surface area contributed by atoms with Crippen LogP contribution >= 0.6 is 0 Å². The van der Waals surface area contributed by atoms with Gasteiger partial charge in [-0.25, -0.2) is 4.39 Å². The molecule has 6 heteroatoms. The number of fused-ring (bicyclic) bond motifs is 1. The van der Waals surface area contributed by atoms with Crippen LogP contribution in [0.25, 0.3) is 22.2 Å². The molecule has 0 fully saturated rings. The summed E-state index contributed by atoms with van der Waals surface area (Å²) in [4.78, 5) is 0.